The van der Waals surface area contributed by atoms with Gasteiger partial charge in [-0.05, 0) is 65.2 Å². The number of likely N-dealkylation sites (tertiary alicyclic amines) is 1. The van der Waals surface area contributed by atoms with Crippen LogP contribution >= 0.6 is 0 Å². The molecule has 1 saturated carbocycles. The zero-order chi connectivity index (χ0) is 27.8. The quantitative estimate of drug-likeness (QED) is 0.359. The Labute approximate surface area is 218 Å². The third kappa shape index (κ3) is 3.52. The maximum absolute atomic E-state index is 15.9. The number of ketones is 2. The zero-order valence-corrected chi connectivity index (χ0v) is 21.5. The van der Waals surface area contributed by atoms with Crippen LogP contribution in [0.2, 0.25) is 0 Å². The largest absolute Gasteiger partial charge is 0.508 e. The third-order valence-electron chi connectivity index (χ3n) is 8.79. The fourth-order valence-electron chi connectivity index (χ4n) is 6.91. The normalized spacial score (nSPS) is 31.5. The van der Waals surface area contributed by atoms with Gasteiger partial charge in [0.05, 0.1) is 11.6 Å². The number of phenols is 1. The molecule has 4 aliphatic rings. The SMILES string of the molecule is C[C@H]1CCCN1Cc1cc(O)c2c(c1F)C[C@H]1C[C@H]3[C@H](N(C)C)C(=O)C(C(N)=O)=C(O)[C@@]3(O)C(=O)C1=C2O. The molecule has 10 nitrogen and oxygen atoms in total. The van der Waals surface area contributed by atoms with Crippen LogP contribution in [0.15, 0.2) is 23.0 Å². The lowest BCUT2D eigenvalue weighted by atomic mass is 9.57. The van der Waals surface area contributed by atoms with Crippen molar-refractivity contribution in [3.63, 3.8) is 0 Å². The van der Waals surface area contributed by atoms with Gasteiger partial charge >= 0.3 is 0 Å². The van der Waals surface area contributed by atoms with E-state index in [1.807, 2.05) is 0 Å². The number of rotatable bonds is 4. The van der Waals surface area contributed by atoms with Gasteiger partial charge in [-0.1, -0.05) is 0 Å². The van der Waals surface area contributed by atoms with E-state index < -0.39 is 69.6 Å². The first kappa shape index (κ1) is 26.3. The first-order valence-electron chi connectivity index (χ1n) is 12.7. The van der Waals surface area contributed by atoms with Gasteiger partial charge in [0.25, 0.3) is 5.91 Å². The van der Waals surface area contributed by atoms with Crippen LogP contribution < -0.4 is 5.73 Å². The van der Waals surface area contributed by atoms with Crippen LogP contribution in [-0.2, 0) is 27.3 Å². The van der Waals surface area contributed by atoms with E-state index in [1.165, 1.54) is 25.1 Å². The molecule has 3 aliphatic carbocycles. The number of benzene rings is 1. The van der Waals surface area contributed by atoms with Gasteiger partial charge in [0.2, 0.25) is 5.78 Å². The summed E-state index contributed by atoms with van der Waals surface area (Å²) in [6, 6.07) is 0.318. The molecule has 0 radical (unpaired) electrons. The molecule has 1 amide bonds. The summed E-state index contributed by atoms with van der Waals surface area (Å²) in [7, 11) is 3.05. The van der Waals surface area contributed by atoms with Crippen molar-refractivity contribution in [1.82, 2.24) is 9.80 Å². The van der Waals surface area contributed by atoms with E-state index in [2.05, 4.69) is 11.8 Å². The average Bonchev–Trinajstić information content (AvgIpc) is 3.23. The summed E-state index contributed by atoms with van der Waals surface area (Å²) in [5.41, 5.74) is 1.52. The molecule has 1 aromatic carbocycles. The molecule has 1 aromatic rings. The number of primary amides is 1. The Morgan fingerprint density at radius 2 is 1.95 bits per heavy atom. The first-order chi connectivity index (χ1) is 17.8. The number of likely N-dealkylation sites (N-methyl/N-ethyl adjacent to an activating group) is 1. The van der Waals surface area contributed by atoms with Gasteiger partial charge in [0, 0.05) is 35.2 Å². The first-order valence-corrected chi connectivity index (χ1v) is 12.7. The third-order valence-corrected chi connectivity index (χ3v) is 8.79. The second-order valence-electron chi connectivity index (χ2n) is 11.1. The van der Waals surface area contributed by atoms with Crippen molar-refractivity contribution in [2.75, 3.05) is 20.6 Å². The number of nitrogens with two attached hydrogens (primary N) is 1. The van der Waals surface area contributed by atoms with Crippen molar-refractivity contribution >= 4 is 23.2 Å². The van der Waals surface area contributed by atoms with Crippen molar-refractivity contribution in [2.24, 2.45) is 17.6 Å². The number of hydrogen-bond donors (Lipinski definition) is 5. The lowest BCUT2D eigenvalue weighted by Gasteiger charge is -2.50. The average molecular weight is 530 g/mol. The number of aliphatic hydroxyl groups is 3. The van der Waals surface area contributed by atoms with Gasteiger partial charge in [-0.25, -0.2) is 4.39 Å². The van der Waals surface area contributed by atoms with Gasteiger partial charge < -0.3 is 26.2 Å². The number of phenolic OH excluding ortho intramolecular Hbond substituents is 1. The minimum absolute atomic E-state index is 0.0532. The zero-order valence-electron chi connectivity index (χ0n) is 21.5. The van der Waals surface area contributed by atoms with Gasteiger partial charge in [-0.15, -0.1) is 0 Å². The molecule has 204 valence electrons. The van der Waals surface area contributed by atoms with E-state index >= 15 is 4.39 Å². The number of hydrogen-bond acceptors (Lipinski definition) is 9. The number of halogens is 1. The monoisotopic (exact) mass is 529 g/mol. The topological polar surface area (TPSA) is 165 Å². The van der Waals surface area contributed by atoms with E-state index in [0.717, 1.165) is 19.4 Å². The molecule has 0 unspecified atom stereocenters. The van der Waals surface area contributed by atoms with Crippen LogP contribution in [0.3, 0.4) is 0 Å². The predicted octanol–water partition coefficient (Wildman–Crippen LogP) is 1.09. The van der Waals surface area contributed by atoms with Crippen LogP contribution in [-0.4, -0.2) is 86.0 Å². The summed E-state index contributed by atoms with van der Waals surface area (Å²) in [5.74, 6) is -8.10. The Hall–Kier alpha value is -3.28. The molecule has 6 N–H and O–H groups in total. The molecule has 1 heterocycles. The fourth-order valence-corrected chi connectivity index (χ4v) is 6.91. The molecule has 1 saturated heterocycles. The summed E-state index contributed by atoms with van der Waals surface area (Å²) >= 11 is 0. The maximum Gasteiger partial charge on any atom is 0.255 e. The number of carbonyl (C=O) groups is 3. The minimum Gasteiger partial charge on any atom is -0.508 e. The molecule has 38 heavy (non-hydrogen) atoms. The van der Waals surface area contributed by atoms with Gasteiger partial charge in [-0.2, -0.15) is 0 Å². The van der Waals surface area contributed by atoms with Crippen molar-refractivity contribution in [3.05, 3.63) is 45.5 Å². The molecular formula is C27H32FN3O7. The summed E-state index contributed by atoms with van der Waals surface area (Å²) in [5, 5.41) is 44.5. The molecular weight excluding hydrogens is 497 g/mol. The molecule has 5 atom stereocenters. The van der Waals surface area contributed by atoms with E-state index in [4.69, 9.17) is 5.73 Å². The van der Waals surface area contributed by atoms with Crippen LogP contribution in [0, 0.1) is 17.7 Å². The van der Waals surface area contributed by atoms with E-state index in [0.29, 0.717) is 0 Å². The Kier molecular flexibility index (Phi) is 6.16. The summed E-state index contributed by atoms with van der Waals surface area (Å²) in [6.45, 7) is 3.14. The van der Waals surface area contributed by atoms with Crippen molar-refractivity contribution in [1.29, 1.82) is 0 Å². The minimum atomic E-state index is -2.72. The molecule has 5 rings (SSSR count). The highest BCUT2D eigenvalue weighted by molar-refractivity contribution is 6.24. The molecule has 0 spiro atoms. The van der Waals surface area contributed by atoms with E-state index in [1.54, 1.807) is 0 Å². The summed E-state index contributed by atoms with van der Waals surface area (Å²) in [6.07, 6.45) is 1.83. The number of fused-ring (bicyclic) bond motifs is 3. The number of aliphatic hydroxyl groups excluding tert-OH is 2. The Bertz CT molecular complexity index is 1340. The summed E-state index contributed by atoms with van der Waals surface area (Å²) in [4.78, 5) is 42.5. The van der Waals surface area contributed by atoms with Crippen LogP contribution in [0.5, 0.6) is 5.75 Å². The lowest BCUT2D eigenvalue weighted by Crippen LogP contribution is -2.65. The number of nitrogens with zero attached hydrogens (tertiary/aromatic N) is 2. The van der Waals surface area contributed by atoms with Crippen molar-refractivity contribution in [2.45, 2.75) is 56.8 Å². The molecule has 0 bridgehead atoms. The smallest absolute Gasteiger partial charge is 0.255 e. The van der Waals surface area contributed by atoms with Crippen molar-refractivity contribution in [3.8, 4) is 5.75 Å². The Morgan fingerprint density at radius 1 is 1.26 bits per heavy atom. The highest BCUT2D eigenvalue weighted by Crippen LogP contribution is 2.53. The van der Waals surface area contributed by atoms with Crippen molar-refractivity contribution < 1.29 is 39.2 Å². The Balaban J connectivity index is 1.65. The number of aromatic hydroxyl groups is 1. The molecule has 0 aromatic heterocycles. The maximum atomic E-state index is 15.9. The number of Topliss-reactive ketones (excluding diaryl/α,β-unsaturated/α-hetero) is 2. The predicted molar refractivity (Wildman–Crippen MR) is 133 cm³/mol. The van der Waals surface area contributed by atoms with Gasteiger partial charge in [-0.3, -0.25) is 24.2 Å². The molecule has 11 heteroatoms. The number of amides is 1. The highest BCUT2D eigenvalue weighted by atomic mass is 19.1. The second kappa shape index (κ2) is 8.89. The summed E-state index contributed by atoms with van der Waals surface area (Å²) < 4.78 is 15.9. The molecule has 1 aliphatic heterocycles. The Morgan fingerprint density at radius 3 is 2.53 bits per heavy atom. The molecule has 2 fully saturated rings. The lowest BCUT2D eigenvalue weighted by molar-refractivity contribution is -0.153. The fraction of sp³-hybridized carbons (Fsp3) is 0.519. The standard InChI is InChI=1S/C27H32FN3O7/c1-11-5-4-6-31(11)10-13-9-16(32)18-14(20(13)28)7-12-8-15-21(30(2)3)23(34)19(26(29)37)25(36)27(15,38)24(35)17(12)22(18)33/h9,11-12,15,21,32-33,36,38H,4-8,10H2,1-3H3,(H2,29,37)/t11-,12-,15-,21-,27-/m0/s1. The van der Waals surface area contributed by atoms with E-state index in [9.17, 15) is 34.8 Å². The highest BCUT2D eigenvalue weighted by Gasteiger charge is 2.64. The van der Waals surface area contributed by atoms with Gasteiger partial charge in [0.15, 0.2) is 11.4 Å². The van der Waals surface area contributed by atoms with Crippen LogP contribution in [0.4, 0.5) is 4.39 Å². The van der Waals surface area contributed by atoms with Crippen LogP contribution in [0.25, 0.3) is 5.76 Å². The second-order valence-corrected chi connectivity index (χ2v) is 11.1. The van der Waals surface area contributed by atoms with E-state index in [-0.39, 0.29) is 47.7 Å². The van der Waals surface area contributed by atoms with Crippen LogP contribution in [0.1, 0.15) is 42.9 Å². The number of carbonyl (C=O) groups excluding carboxylic acids is 3. The van der Waals surface area contributed by atoms with Gasteiger partial charge in [0.1, 0.15) is 28.7 Å².